The van der Waals surface area contributed by atoms with Gasteiger partial charge in [-0.15, -0.1) is 0 Å². The molecule has 0 amide bonds. The Balaban J connectivity index is 1.44. The van der Waals surface area contributed by atoms with Gasteiger partial charge in [0.2, 0.25) is 0 Å². The van der Waals surface area contributed by atoms with Gasteiger partial charge in [-0.25, -0.2) is 8.42 Å². The van der Waals surface area contributed by atoms with Crippen molar-refractivity contribution < 1.29 is 8.42 Å². The molecule has 0 radical (unpaired) electrons. The Labute approximate surface area is 127 Å². The van der Waals surface area contributed by atoms with Crippen molar-refractivity contribution in [3.63, 3.8) is 0 Å². The number of hydrogen-bond acceptors (Lipinski definition) is 3. The lowest BCUT2D eigenvalue weighted by Gasteiger charge is -2.12. The Morgan fingerprint density at radius 1 is 1.10 bits per heavy atom. The van der Waals surface area contributed by atoms with Crippen LogP contribution >= 0.6 is 0 Å². The zero-order chi connectivity index (χ0) is 14.6. The van der Waals surface area contributed by atoms with Crippen LogP contribution in [0, 0.1) is 23.7 Å². The summed E-state index contributed by atoms with van der Waals surface area (Å²) in [6, 6.07) is 8.01. The van der Waals surface area contributed by atoms with Gasteiger partial charge in [0.1, 0.15) is 0 Å². The van der Waals surface area contributed by atoms with Crippen molar-refractivity contribution in [2.24, 2.45) is 23.7 Å². The van der Waals surface area contributed by atoms with Crippen molar-refractivity contribution in [1.82, 2.24) is 0 Å². The molecule has 0 spiro atoms. The Morgan fingerprint density at radius 3 is 2.29 bits per heavy atom. The van der Waals surface area contributed by atoms with Crippen LogP contribution in [0.2, 0.25) is 0 Å². The molecule has 114 valence electrons. The zero-order valence-electron chi connectivity index (χ0n) is 12.5. The van der Waals surface area contributed by atoms with Gasteiger partial charge < -0.3 is 5.32 Å². The Morgan fingerprint density at radius 2 is 1.71 bits per heavy atom. The molecule has 1 aromatic carbocycles. The molecule has 0 heterocycles. The summed E-state index contributed by atoms with van der Waals surface area (Å²) in [4.78, 5) is 0.450. The molecule has 3 fully saturated rings. The van der Waals surface area contributed by atoms with Gasteiger partial charge in [0.15, 0.2) is 9.84 Å². The minimum absolute atomic E-state index is 0.232. The molecule has 4 atom stereocenters. The molecule has 4 unspecified atom stereocenters. The normalized spacial score (nSPS) is 36.5. The first-order valence-electron chi connectivity index (χ1n) is 8.19. The number of rotatable bonds is 5. The Bertz CT molecular complexity index is 621. The highest BCUT2D eigenvalue weighted by Gasteiger charge is 2.64. The second kappa shape index (κ2) is 4.73. The zero-order valence-corrected chi connectivity index (χ0v) is 13.3. The van der Waals surface area contributed by atoms with Crippen LogP contribution in [0.5, 0.6) is 0 Å². The smallest absolute Gasteiger partial charge is 0.178 e. The molecular weight excluding hydrogens is 282 g/mol. The molecule has 3 nitrogen and oxygen atoms in total. The topological polar surface area (TPSA) is 46.2 Å². The lowest BCUT2D eigenvalue weighted by Crippen LogP contribution is -2.13. The van der Waals surface area contributed by atoms with Crippen molar-refractivity contribution in [3.05, 3.63) is 24.3 Å². The van der Waals surface area contributed by atoms with Gasteiger partial charge in [-0.3, -0.25) is 0 Å². The number of benzene rings is 1. The van der Waals surface area contributed by atoms with Gasteiger partial charge in [0.05, 0.1) is 10.6 Å². The maximum atomic E-state index is 12.0. The summed E-state index contributed by atoms with van der Waals surface area (Å²) >= 11 is 0. The third-order valence-electron chi connectivity index (χ3n) is 5.75. The van der Waals surface area contributed by atoms with E-state index in [0.29, 0.717) is 17.4 Å². The van der Waals surface area contributed by atoms with Gasteiger partial charge in [-0.05, 0) is 73.6 Å². The van der Waals surface area contributed by atoms with E-state index in [1.165, 1.54) is 19.3 Å². The molecule has 3 aliphatic carbocycles. The second-order valence-electron chi connectivity index (χ2n) is 7.00. The summed E-state index contributed by atoms with van der Waals surface area (Å²) in [5, 5.41) is 3.63. The molecule has 0 aromatic heterocycles. The predicted molar refractivity (Wildman–Crippen MR) is 84.0 cm³/mol. The third kappa shape index (κ3) is 2.19. The fraction of sp³-hybridized carbons (Fsp3) is 0.647. The van der Waals surface area contributed by atoms with E-state index in [4.69, 9.17) is 0 Å². The minimum atomic E-state index is -3.09. The quantitative estimate of drug-likeness (QED) is 0.907. The van der Waals surface area contributed by atoms with Crippen LogP contribution < -0.4 is 5.32 Å². The second-order valence-corrected chi connectivity index (χ2v) is 9.11. The average molecular weight is 305 g/mol. The van der Waals surface area contributed by atoms with E-state index in [9.17, 15) is 8.42 Å². The highest BCUT2D eigenvalue weighted by molar-refractivity contribution is 7.91. The maximum Gasteiger partial charge on any atom is 0.178 e. The molecule has 21 heavy (non-hydrogen) atoms. The number of hydrogen-bond donors (Lipinski definition) is 1. The predicted octanol–water partition coefficient (Wildman–Crippen LogP) is 3.33. The van der Waals surface area contributed by atoms with E-state index >= 15 is 0 Å². The van der Waals surface area contributed by atoms with Crippen molar-refractivity contribution in [2.45, 2.75) is 43.5 Å². The van der Waals surface area contributed by atoms with Crippen molar-refractivity contribution in [3.8, 4) is 0 Å². The number of sulfone groups is 1. The molecule has 1 aromatic rings. The fourth-order valence-electron chi connectivity index (χ4n) is 4.86. The summed E-state index contributed by atoms with van der Waals surface area (Å²) in [5.41, 5.74) is 1.07. The van der Waals surface area contributed by atoms with Gasteiger partial charge in [0, 0.05) is 11.7 Å². The minimum Gasteiger partial charge on any atom is -0.382 e. The molecule has 0 saturated heterocycles. The summed E-state index contributed by atoms with van der Waals surface area (Å²) in [6.45, 7) is 1.90. The molecule has 3 saturated carbocycles. The largest absolute Gasteiger partial charge is 0.382 e. The van der Waals surface area contributed by atoms with E-state index in [1.807, 2.05) is 19.1 Å². The first kappa shape index (κ1) is 13.6. The maximum absolute atomic E-state index is 12.0. The Hall–Kier alpha value is -1.03. The van der Waals surface area contributed by atoms with Crippen LogP contribution in [0.25, 0.3) is 0 Å². The highest BCUT2D eigenvalue weighted by Crippen LogP contribution is 2.66. The number of anilines is 1. The van der Waals surface area contributed by atoms with Crippen LogP contribution in [0.3, 0.4) is 0 Å². The number of nitrogens with one attached hydrogen (secondary N) is 1. The molecule has 4 heteroatoms. The lowest BCUT2D eigenvalue weighted by atomic mass is 10.0. The van der Waals surface area contributed by atoms with Crippen LogP contribution in [0.1, 0.15) is 32.6 Å². The third-order valence-corrected chi connectivity index (χ3v) is 7.69. The van der Waals surface area contributed by atoms with E-state index in [-0.39, 0.29) is 5.75 Å². The summed E-state index contributed by atoms with van der Waals surface area (Å²) in [7, 11) is -3.09. The summed E-state index contributed by atoms with van der Waals surface area (Å²) in [6.07, 6.45) is 4.98. The van der Waals surface area contributed by atoms with Crippen LogP contribution in [-0.4, -0.2) is 20.2 Å². The van der Waals surface area contributed by atoms with E-state index < -0.39 is 9.84 Å². The number of fused-ring (bicyclic) bond motifs is 5. The van der Waals surface area contributed by atoms with E-state index in [1.54, 1.807) is 12.1 Å². The van der Waals surface area contributed by atoms with Crippen molar-refractivity contribution in [1.29, 1.82) is 0 Å². The Kier molecular flexibility index (Phi) is 3.07. The standard InChI is InChI=1S/C17H23NO2S/c1-2-9-21(19,20)14-7-5-13(6-8-14)18-17-15-11-3-4-12(10-11)16(15)17/h5-8,11-12,15-18H,2-4,9-10H2,1H3. The van der Waals surface area contributed by atoms with E-state index in [2.05, 4.69) is 5.32 Å². The first-order chi connectivity index (χ1) is 10.1. The lowest BCUT2D eigenvalue weighted by molar-refractivity contribution is 0.456. The molecule has 3 aliphatic rings. The van der Waals surface area contributed by atoms with Gasteiger partial charge in [-0.2, -0.15) is 0 Å². The average Bonchev–Trinajstić information content (AvgIpc) is 2.84. The summed E-state index contributed by atoms with van der Waals surface area (Å²) < 4.78 is 24.0. The first-order valence-corrected chi connectivity index (χ1v) is 9.85. The van der Waals surface area contributed by atoms with Gasteiger partial charge in [0.25, 0.3) is 0 Å². The fourth-order valence-corrected chi connectivity index (χ4v) is 6.18. The SMILES string of the molecule is CCCS(=O)(=O)c1ccc(NC2C3C4CCC(C4)C23)cc1. The molecular formula is C17H23NO2S. The highest BCUT2D eigenvalue weighted by atomic mass is 32.2. The van der Waals surface area contributed by atoms with Crippen LogP contribution in [0.4, 0.5) is 5.69 Å². The molecule has 4 rings (SSSR count). The van der Waals surface area contributed by atoms with Crippen LogP contribution in [0.15, 0.2) is 29.2 Å². The van der Waals surface area contributed by atoms with Crippen LogP contribution in [-0.2, 0) is 9.84 Å². The molecule has 2 bridgehead atoms. The van der Waals surface area contributed by atoms with Crippen molar-refractivity contribution >= 4 is 15.5 Å². The van der Waals surface area contributed by atoms with Gasteiger partial charge in [-0.1, -0.05) is 6.92 Å². The molecule has 1 N–H and O–H groups in total. The van der Waals surface area contributed by atoms with Crippen molar-refractivity contribution in [2.75, 3.05) is 11.1 Å². The summed E-state index contributed by atoms with van der Waals surface area (Å²) in [5.74, 6) is 3.94. The van der Waals surface area contributed by atoms with Gasteiger partial charge >= 0.3 is 0 Å². The van der Waals surface area contributed by atoms with E-state index in [0.717, 1.165) is 29.4 Å². The molecule has 0 aliphatic heterocycles. The monoisotopic (exact) mass is 305 g/mol.